The van der Waals surface area contributed by atoms with Gasteiger partial charge in [-0.05, 0) is 49.2 Å². The topological polar surface area (TPSA) is 55.2 Å². The second kappa shape index (κ2) is 7.61. The van der Waals surface area contributed by atoms with Crippen molar-refractivity contribution in [2.75, 3.05) is 7.05 Å². The fraction of sp³-hybridized carbons (Fsp3) is 0.148. The van der Waals surface area contributed by atoms with Crippen LogP contribution in [-0.2, 0) is 6.54 Å². The van der Waals surface area contributed by atoms with Crippen LogP contribution in [0.15, 0.2) is 72.8 Å². The van der Waals surface area contributed by atoms with Crippen LogP contribution >= 0.6 is 0 Å². The summed E-state index contributed by atoms with van der Waals surface area (Å²) in [7, 11) is 1.78. The SMILES string of the molecule is Cc1nn(-c2ccccc2)c(C)c1CN(C)C(=O)c1ccc2c(c1)C(=O)c1ccccc1-2. The van der Waals surface area contributed by atoms with Gasteiger partial charge in [-0.2, -0.15) is 5.10 Å². The summed E-state index contributed by atoms with van der Waals surface area (Å²) < 4.78 is 1.91. The molecule has 0 spiro atoms. The fourth-order valence-electron chi connectivity index (χ4n) is 4.41. The van der Waals surface area contributed by atoms with Gasteiger partial charge in [0.25, 0.3) is 5.91 Å². The molecule has 0 N–H and O–H groups in total. The Hall–Kier alpha value is -3.99. The lowest BCUT2D eigenvalue weighted by Gasteiger charge is -2.18. The van der Waals surface area contributed by atoms with E-state index < -0.39 is 0 Å². The number of carbonyl (C=O) groups is 2. The minimum Gasteiger partial charge on any atom is -0.337 e. The second-order valence-corrected chi connectivity index (χ2v) is 8.19. The molecule has 5 heteroatoms. The van der Waals surface area contributed by atoms with Crippen molar-refractivity contribution in [3.63, 3.8) is 0 Å². The van der Waals surface area contributed by atoms with Gasteiger partial charge in [-0.3, -0.25) is 9.59 Å². The zero-order chi connectivity index (χ0) is 22.4. The van der Waals surface area contributed by atoms with Crippen LogP contribution in [0.2, 0.25) is 0 Å². The standard InChI is InChI=1S/C27H23N3O2/c1-17-25(18(2)30(28-17)20-9-5-4-6-10-20)16-29(3)27(32)19-13-14-22-21-11-7-8-12-23(21)26(31)24(22)15-19/h4-15H,16H2,1-3H3. The van der Waals surface area contributed by atoms with Gasteiger partial charge in [0.2, 0.25) is 0 Å². The van der Waals surface area contributed by atoms with Crippen molar-refractivity contribution in [1.29, 1.82) is 0 Å². The maximum atomic E-state index is 13.2. The molecule has 1 aromatic heterocycles. The van der Waals surface area contributed by atoms with Crippen molar-refractivity contribution in [2.24, 2.45) is 0 Å². The molecule has 3 aromatic carbocycles. The summed E-state index contributed by atoms with van der Waals surface area (Å²) in [6.07, 6.45) is 0. The monoisotopic (exact) mass is 421 g/mol. The molecule has 1 aliphatic rings. The maximum Gasteiger partial charge on any atom is 0.253 e. The van der Waals surface area contributed by atoms with Crippen molar-refractivity contribution >= 4 is 11.7 Å². The number of carbonyl (C=O) groups excluding carboxylic acids is 2. The molecule has 1 heterocycles. The molecule has 1 aliphatic carbocycles. The number of aryl methyl sites for hydroxylation is 1. The predicted molar refractivity (Wildman–Crippen MR) is 124 cm³/mol. The third kappa shape index (κ3) is 3.14. The van der Waals surface area contributed by atoms with Crippen LogP contribution in [0.4, 0.5) is 0 Å². The molecule has 5 rings (SSSR count). The van der Waals surface area contributed by atoms with Gasteiger partial charge in [0.15, 0.2) is 5.78 Å². The van der Waals surface area contributed by atoms with Crippen LogP contribution in [0.25, 0.3) is 16.8 Å². The predicted octanol–water partition coefficient (Wildman–Crippen LogP) is 4.97. The molecule has 4 aromatic rings. The van der Waals surface area contributed by atoms with Gasteiger partial charge in [-0.15, -0.1) is 0 Å². The van der Waals surface area contributed by atoms with E-state index in [1.165, 1.54) is 0 Å². The first-order valence-electron chi connectivity index (χ1n) is 10.6. The Morgan fingerprint density at radius 3 is 2.28 bits per heavy atom. The normalized spacial score (nSPS) is 11.9. The number of hydrogen-bond donors (Lipinski definition) is 0. The van der Waals surface area contributed by atoms with Crippen molar-refractivity contribution < 1.29 is 9.59 Å². The Morgan fingerprint density at radius 2 is 1.53 bits per heavy atom. The Labute approximate surface area is 186 Å². The van der Waals surface area contributed by atoms with E-state index in [-0.39, 0.29) is 11.7 Å². The lowest BCUT2D eigenvalue weighted by molar-refractivity contribution is 0.0784. The van der Waals surface area contributed by atoms with Crippen LogP contribution in [0, 0.1) is 13.8 Å². The van der Waals surface area contributed by atoms with Gasteiger partial charge < -0.3 is 4.90 Å². The molecule has 158 valence electrons. The third-order valence-corrected chi connectivity index (χ3v) is 6.16. The smallest absolute Gasteiger partial charge is 0.253 e. The molecule has 32 heavy (non-hydrogen) atoms. The van der Waals surface area contributed by atoms with Gasteiger partial charge in [0.05, 0.1) is 11.4 Å². The number of ketones is 1. The summed E-state index contributed by atoms with van der Waals surface area (Å²) in [4.78, 5) is 27.7. The van der Waals surface area contributed by atoms with Gasteiger partial charge >= 0.3 is 0 Å². The summed E-state index contributed by atoms with van der Waals surface area (Å²) in [6.45, 7) is 4.42. The number of aromatic nitrogens is 2. The van der Waals surface area contributed by atoms with E-state index in [0.29, 0.717) is 23.2 Å². The zero-order valence-corrected chi connectivity index (χ0v) is 18.3. The van der Waals surface area contributed by atoms with Crippen molar-refractivity contribution in [3.05, 3.63) is 106 Å². The molecule has 0 atom stereocenters. The minimum absolute atomic E-state index is 0.0243. The number of benzene rings is 3. The van der Waals surface area contributed by atoms with Gasteiger partial charge in [0, 0.05) is 41.5 Å². The second-order valence-electron chi connectivity index (χ2n) is 8.19. The van der Waals surface area contributed by atoms with E-state index >= 15 is 0 Å². The highest BCUT2D eigenvalue weighted by Crippen LogP contribution is 2.36. The largest absolute Gasteiger partial charge is 0.337 e. The minimum atomic E-state index is -0.122. The summed E-state index contributed by atoms with van der Waals surface area (Å²) in [5.74, 6) is -0.147. The molecule has 0 fully saturated rings. The lowest BCUT2D eigenvalue weighted by Crippen LogP contribution is -2.27. The maximum absolute atomic E-state index is 13.2. The average Bonchev–Trinajstić information content (AvgIpc) is 3.27. The Balaban J connectivity index is 1.41. The first-order valence-corrected chi connectivity index (χ1v) is 10.6. The van der Waals surface area contributed by atoms with E-state index in [4.69, 9.17) is 0 Å². The molecule has 5 nitrogen and oxygen atoms in total. The molecule has 1 amide bonds. The summed E-state index contributed by atoms with van der Waals surface area (Å²) in [5, 5.41) is 4.68. The number of fused-ring (bicyclic) bond motifs is 3. The van der Waals surface area contributed by atoms with Gasteiger partial charge in [-0.1, -0.05) is 48.5 Å². The quantitative estimate of drug-likeness (QED) is 0.412. The van der Waals surface area contributed by atoms with E-state index in [0.717, 1.165) is 33.8 Å². The molecule has 0 radical (unpaired) electrons. The molecule has 0 aliphatic heterocycles. The van der Waals surface area contributed by atoms with Crippen LogP contribution in [0.3, 0.4) is 0 Å². The van der Waals surface area contributed by atoms with Crippen molar-refractivity contribution in [3.8, 4) is 16.8 Å². The number of hydrogen-bond acceptors (Lipinski definition) is 3. The van der Waals surface area contributed by atoms with E-state index in [9.17, 15) is 9.59 Å². The van der Waals surface area contributed by atoms with Crippen molar-refractivity contribution in [2.45, 2.75) is 20.4 Å². The third-order valence-electron chi connectivity index (χ3n) is 6.16. The number of para-hydroxylation sites is 1. The number of rotatable bonds is 4. The summed E-state index contributed by atoms with van der Waals surface area (Å²) in [5.41, 5.74) is 7.53. The number of amides is 1. The Morgan fingerprint density at radius 1 is 0.875 bits per heavy atom. The fourth-order valence-corrected chi connectivity index (χ4v) is 4.41. The lowest BCUT2D eigenvalue weighted by atomic mass is 10.0. The summed E-state index contributed by atoms with van der Waals surface area (Å²) >= 11 is 0. The first kappa shape index (κ1) is 19.9. The van der Waals surface area contributed by atoms with Crippen molar-refractivity contribution in [1.82, 2.24) is 14.7 Å². The first-order chi connectivity index (χ1) is 15.5. The molecule has 0 unspecified atom stereocenters. The molecule has 0 saturated heterocycles. The molecule has 0 bridgehead atoms. The summed E-state index contributed by atoms with van der Waals surface area (Å²) in [6, 6.07) is 22.9. The highest BCUT2D eigenvalue weighted by atomic mass is 16.2. The average molecular weight is 422 g/mol. The van der Waals surface area contributed by atoms with Crippen LogP contribution in [-0.4, -0.2) is 33.4 Å². The Bertz CT molecular complexity index is 1370. The number of nitrogens with zero attached hydrogens (tertiary/aromatic N) is 3. The van der Waals surface area contributed by atoms with E-state index in [1.807, 2.05) is 79.2 Å². The van der Waals surface area contributed by atoms with Crippen LogP contribution in [0.1, 0.15) is 43.2 Å². The van der Waals surface area contributed by atoms with E-state index in [2.05, 4.69) is 5.10 Å². The highest BCUT2D eigenvalue weighted by Gasteiger charge is 2.27. The molecule has 0 saturated carbocycles. The zero-order valence-electron chi connectivity index (χ0n) is 18.3. The van der Waals surface area contributed by atoms with Crippen LogP contribution in [0.5, 0.6) is 0 Å². The molecular weight excluding hydrogens is 398 g/mol. The van der Waals surface area contributed by atoms with Gasteiger partial charge in [-0.25, -0.2) is 4.68 Å². The van der Waals surface area contributed by atoms with Gasteiger partial charge in [0.1, 0.15) is 0 Å². The Kier molecular flexibility index (Phi) is 4.74. The highest BCUT2D eigenvalue weighted by molar-refractivity contribution is 6.22. The van der Waals surface area contributed by atoms with E-state index in [1.54, 1.807) is 24.1 Å². The molecular formula is C27H23N3O2. The van der Waals surface area contributed by atoms with Crippen LogP contribution < -0.4 is 0 Å².